The molecule has 0 radical (unpaired) electrons. The number of nitrogens with two attached hydrogens (primary N) is 1. The van der Waals surface area contributed by atoms with Gasteiger partial charge in [-0.05, 0) is 39.6 Å². The molecule has 0 bridgehead atoms. The molecular formula is C14H20N4OS. The largest absolute Gasteiger partial charge is 0.397 e. The number of hydrogen-bond acceptors (Lipinski definition) is 5. The van der Waals surface area contributed by atoms with Gasteiger partial charge in [-0.25, -0.2) is 4.98 Å². The van der Waals surface area contributed by atoms with Crippen LogP contribution in [0.15, 0.2) is 12.3 Å². The van der Waals surface area contributed by atoms with E-state index in [2.05, 4.69) is 10.3 Å². The molecule has 2 heterocycles. The maximum absolute atomic E-state index is 12.3. The van der Waals surface area contributed by atoms with Crippen LogP contribution in [0.2, 0.25) is 0 Å². The van der Waals surface area contributed by atoms with Crippen molar-refractivity contribution in [3.8, 4) is 0 Å². The Labute approximate surface area is 122 Å². The van der Waals surface area contributed by atoms with E-state index >= 15 is 0 Å². The molecule has 1 amide bonds. The highest BCUT2D eigenvalue weighted by atomic mass is 32.1. The minimum atomic E-state index is -0.126. The summed E-state index contributed by atoms with van der Waals surface area (Å²) in [4.78, 5) is 20.0. The molecule has 1 atom stereocenters. The first kappa shape index (κ1) is 14.7. The lowest BCUT2D eigenvalue weighted by atomic mass is 10.1. The zero-order valence-corrected chi connectivity index (χ0v) is 13.0. The van der Waals surface area contributed by atoms with E-state index in [1.807, 2.05) is 38.9 Å². The summed E-state index contributed by atoms with van der Waals surface area (Å²) < 4.78 is 0. The lowest BCUT2D eigenvalue weighted by Crippen LogP contribution is -2.39. The predicted molar refractivity (Wildman–Crippen MR) is 84.3 cm³/mol. The molecular weight excluding hydrogens is 272 g/mol. The maximum atomic E-state index is 12.3. The van der Waals surface area contributed by atoms with Crippen LogP contribution in [0.5, 0.6) is 0 Å². The van der Waals surface area contributed by atoms with Crippen LogP contribution in [-0.4, -0.2) is 42.5 Å². The summed E-state index contributed by atoms with van der Waals surface area (Å²) in [7, 11) is 3.95. The van der Waals surface area contributed by atoms with Gasteiger partial charge in [-0.3, -0.25) is 4.79 Å². The van der Waals surface area contributed by atoms with Crippen molar-refractivity contribution in [1.82, 2.24) is 15.2 Å². The highest BCUT2D eigenvalue weighted by Crippen LogP contribution is 2.34. The number of amides is 1. The maximum Gasteiger partial charge on any atom is 0.263 e. The third kappa shape index (κ3) is 2.91. The van der Waals surface area contributed by atoms with Crippen LogP contribution in [-0.2, 0) is 0 Å². The Bertz CT molecular complexity index is 635. The first-order chi connectivity index (χ1) is 9.40. The minimum absolute atomic E-state index is 0.0659. The molecule has 0 aromatic carbocycles. The number of aromatic nitrogens is 1. The van der Waals surface area contributed by atoms with Crippen LogP contribution in [0.4, 0.5) is 5.69 Å². The Morgan fingerprint density at radius 3 is 2.85 bits per heavy atom. The number of nitrogen functional groups attached to an aromatic ring is 1. The van der Waals surface area contributed by atoms with Crippen LogP contribution in [0.1, 0.15) is 22.2 Å². The third-order valence-corrected chi connectivity index (χ3v) is 4.17. The average Bonchev–Trinajstić information content (AvgIpc) is 2.67. The summed E-state index contributed by atoms with van der Waals surface area (Å²) >= 11 is 1.35. The van der Waals surface area contributed by atoms with Gasteiger partial charge in [0.05, 0.1) is 5.69 Å². The van der Waals surface area contributed by atoms with Gasteiger partial charge in [0.1, 0.15) is 9.71 Å². The average molecular weight is 292 g/mol. The lowest BCUT2D eigenvalue weighted by Gasteiger charge is -2.17. The molecule has 2 rings (SSSR count). The molecule has 20 heavy (non-hydrogen) atoms. The normalized spacial score (nSPS) is 12.8. The Morgan fingerprint density at radius 2 is 2.25 bits per heavy atom. The smallest absolute Gasteiger partial charge is 0.263 e. The van der Waals surface area contributed by atoms with Gasteiger partial charge >= 0.3 is 0 Å². The first-order valence-electron chi connectivity index (χ1n) is 6.49. The van der Waals surface area contributed by atoms with E-state index in [9.17, 15) is 4.79 Å². The van der Waals surface area contributed by atoms with Gasteiger partial charge in [0, 0.05) is 24.2 Å². The van der Waals surface area contributed by atoms with Crippen molar-refractivity contribution in [1.29, 1.82) is 0 Å². The van der Waals surface area contributed by atoms with Crippen LogP contribution in [0.25, 0.3) is 10.2 Å². The number of pyridine rings is 1. The van der Waals surface area contributed by atoms with Gasteiger partial charge in [-0.15, -0.1) is 11.3 Å². The number of hydrogen-bond donors (Lipinski definition) is 2. The summed E-state index contributed by atoms with van der Waals surface area (Å²) in [5, 5.41) is 3.86. The van der Waals surface area contributed by atoms with E-state index in [1.165, 1.54) is 11.3 Å². The van der Waals surface area contributed by atoms with E-state index in [0.29, 0.717) is 10.6 Å². The second-order valence-electron chi connectivity index (χ2n) is 5.29. The Morgan fingerprint density at radius 1 is 1.55 bits per heavy atom. The van der Waals surface area contributed by atoms with Gasteiger partial charge < -0.3 is 16.0 Å². The number of rotatable bonds is 4. The number of fused-ring (bicyclic) bond motifs is 1. The van der Waals surface area contributed by atoms with Crippen molar-refractivity contribution in [2.75, 3.05) is 26.4 Å². The topological polar surface area (TPSA) is 71.2 Å². The van der Waals surface area contributed by atoms with Gasteiger partial charge in [0.15, 0.2) is 0 Å². The fourth-order valence-electron chi connectivity index (χ4n) is 2.25. The van der Waals surface area contributed by atoms with E-state index in [1.54, 1.807) is 6.20 Å². The van der Waals surface area contributed by atoms with E-state index in [4.69, 9.17) is 5.73 Å². The van der Waals surface area contributed by atoms with Crippen LogP contribution >= 0.6 is 11.3 Å². The Hall–Kier alpha value is -1.66. The number of carbonyl (C=O) groups excluding carboxylic acids is 1. The molecule has 5 nitrogen and oxygen atoms in total. The van der Waals surface area contributed by atoms with Gasteiger partial charge in [0.2, 0.25) is 0 Å². The summed E-state index contributed by atoms with van der Waals surface area (Å²) in [6, 6.07) is 1.97. The molecule has 3 N–H and O–H groups in total. The molecule has 1 unspecified atom stereocenters. The molecule has 0 saturated carbocycles. The summed E-state index contributed by atoms with van der Waals surface area (Å²) in [5.74, 6) is -0.126. The quantitative estimate of drug-likeness (QED) is 0.902. The van der Waals surface area contributed by atoms with Crippen molar-refractivity contribution in [2.24, 2.45) is 0 Å². The molecule has 2 aromatic rings. The molecule has 0 spiro atoms. The van der Waals surface area contributed by atoms with Crippen molar-refractivity contribution in [3.05, 3.63) is 22.7 Å². The van der Waals surface area contributed by atoms with Gasteiger partial charge in [-0.1, -0.05) is 0 Å². The molecule has 108 valence electrons. The molecule has 0 fully saturated rings. The summed E-state index contributed by atoms with van der Waals surface area (Å²) in [6.45, 7) is 4.74. The summed E-state index contributed by atoms with van der Waals surface area (Å²) in [6.07, 6.45) is 1.74. The number of anilines is 1. The molecule has 0 aliphatic rings. The fourth-order valence-corrected chi connectivity index (χ4v) is 3.30. The number of nitrogens with zero attached hydrogens (tertiary/aromatic N) is 2. The van der Waals surface area contributed by atoms with Gasteiger partial charge in [-0.2, -0.15) is 0 Å². The first-order valence-corrected chi connectivity index (χ1v) is 7.31. The highest BCUT2D eigenvalue weighted by molar-refractivity contribution is 7.21. The molecule has 0 saturated heterocycles. The third-order valence-electron chi connectivity index (χ3n) is 3.06. The zero-order chi connectivity index (χ0) is 14.9. The van der Waals surface area contributed by atoms with Crippen molar-refractivity contribution in [2.45, 2.75) is 19.9 Å². The van der Waals surface area contributed by atoms with Crippen molar-refractivity contribution >= 4 is 33.1 Å². The number of nitrogens with one attached hydrogen (secondary N) is 1. The second-order valence-corrected chi connectivity index (χ2v) is 6.29. The number of carbonyl (C=O) groups is 1. The fraction of sp³-hybridized carbons (Fsp3) is 0.429. The Balaban J connectivity index is 2.27. The van der Waals surface area contributed by atoms with Crippen LogP contribution < -0.4 is 11.1 Å². The number of aryl methyl sites for hydroxylation is 1. The highest BCUT2D eigenvalue weighted by Gasteiger charge is 2.19. The number of likely N-dealkylation sites (N-methyl/N-ethyl adjacent to an activating group) is 1. The summed E-state index contributed by atoms with van der Waals surface area (Å²) in [5.41, 5.74) is 7.69. The van der Waals surface area contributed by atoms with Crippen LogP contribution in [0, 0.1) is 6.92 Å². The number of thiophene rings is 1. The minimum Gasteiger partial charge on any atom is -0.397 e. The molecule has 0 aliphatic carbocycles. The van der Waals surface area contributed by atoms with Crippen LogP contribution in [0.3, 0.4) is 0 Å². The van der Waals surface area contributed by atoms with E-state index in [-0.39, 0.29) is 11.9 Å². The SMILES string of the molecule is Cc1ccnc2sc(C(=O)NC(C)CN(C)C)c(N)c12. The monoisotopic (exact) mass is 292 g/mol. The zero-order valence-electron chi connectivity index (χ0n) is 12.2. The molecule has 6 heteroatoms. The van der Waals surface area contributed by atoms with Crippen molar-refractivity contribution < 1.29 is 4.79 Å². The Kier molecular flexibility index (Phi) is 4.25. The molecule has 0 aliphatic heterocycles. The van der Waals surface area contributed by atoms with Crippen molar-refractivity contribution in [3.63, 3.8) is 0 Å². The standard InChI is InChI=1S/C14H20N4OS/c1-8-5-6-16-14-10(8)11(15)12(20-14)13(19)17-9(2)7-18(3)4/h5-6,9H,7,15H2,1-4H3,(H,17,19). The van der Waals surface area contributed by atoms with Gasteiger partial charge in [0.25, 0.3) is 5.91 Å². The molecule has 2 aromatic heterocycles. The van der Waals surface area contributed by atoms with E-state index in [0.717, 1.165) is 22.3 Å². The second kappa shape index (κ2) is 5.76. The lowest BCUT2D eigenvalue weighted by molar-refractivity contribution is 0.0939. The predicted octanol–water partition coefficient (Wildman–Crippen LogP) is 1.87. The van der Waals surface area contributed by atoms with E-state index < -0.39 is 0 Å².